The molecule has 2 heteroatoms. The molecule has 9 aromatic carbocycles. The van der Waals surface area contributed by atoms with Gasteiger partial charge in [0.25, 0.3) is 0 Å². The highest BCUT2D eigenvalue weighted by Crippen LogP contribution is 2.45. The van der Waals surface area contributed by atoms with Gasteiger partial charge in [0.2, 0.25) is 0 Å². The topological polar surface area (TPSA) is 9.86 Å². The Morgan fingerprint density at radius 2 is 0.848 bits per heavy atom. The first kappa shape index (κ1) is 24.2. The summed E-state index contributed by atoms with van der Waals surface area (Å²) in [6.45, 7) is 0. The van der Waals surface area contributed by atoms with Crippen molar-refractivity contribution in [2.45, 2.75) is 0 Å². The van der Waals surface area contributed by atoms with Gasteiger partial charge in [0.05, 0.1) is 27.8 Å². The van der Waals surface area contributed by atoms with Crippen molar-refractivity contribution in [1.29, 1.82) is 0 Å². The minimum atomic E-state index is 1.17. The molecule has 0 fully saturated rings. The molecule has 2 aromatic heterocycles. The highest BCUT2D eigenvalue weighted by Gasteiger charge is 2.22. The van der Waals surface area contributed by atoms with Crippen LogP contribution in [-0.2, 0) is 0 Å². The van der Waals surface area contributed by atoms with Crippen molar-refractivity contribution in [3.63, 3.8) is 0 Å². The van der Waals surface area contributed by atoms with E-state index in [0.717, 1.165) is 0 Å². The van der Waals surface area contributed by atoms with E-state index < -0.39 is 0 Å². The summed E-state index contributed by atoms with van der Waals surface area (Å²) in [7, 11) is 0. The van der Waals surface area contributed by atoms with Crippen LogP contribution in [0.4, 0.5) is 0 Å². The minimum Gasteiger partial charge on any atom is -0.309 e. The first-order chi connectivity index (χ1) is 22.9. The summed E-state index contributed by atoms with van der Waals surface area (Å²) in [6.07, 6.45) is 0. The monoisotopic (exact) mass is 582 g/mol. The molecule has 0 unspecified atom stereocenters. The molecule has 0 N–H and O–H groups in total. The van der Waals surface area contributed by atoms with Crippen LogP contribution in [0, 0.1) is 0 Å². The van der Waals surface area contributed by atoms with Gasteiger partial charge in [-0.2, -0.15) is 0 Å². The van der Waals surface area contributed by atoms with Gasteiger partial charge < -0.3 is 9.13 Å². The number of rotatable bonds is 2. The van der Waals surface area contributed by atoms with Gasteiger partial charge >= 0.3 is 0 Å². The highest BCUT2D eigenvalue weighted by atomic mass is 15.0. The average Bonchev–Trinajstić information content (AvgIpc) is 3.63. The van der Waals surface area contributed by atoms with Crippen LogP contribution < -0.4 is 0 Å². The van der Waals surface area contributed by atoms with Crippen LogP contribution in [0.15, 0.2) is 158 Å². The molecule has 0 aliphatic carbocycles. The maximum atomic E-state index is 2.50. The third-order valence-electron chi connectivity index (χ3n) is 10.2. The van der Waals surface area contributed by atoms with Gasteiger partial charge in [-0.15, -0.1) is 0 Å². The van der Waals surface area contributed by atoms with Gasteiger partial charge in [-0.1, -0.05) is 121 Å². The second kappa shape index (κ2) is 8.74. The Balaban J connectivity index is 1.34. The molecule has 0 saturated carbocycles. The molecule has 46 heavy (non-hydrogen) atoms. The molecule has 0 radical (unpaired) electrons. The molecule has 0 bridgehead atoms. The second-order valence-corrected chi connectivity index (χ2v) is 12.5. The Morgan fingerprint density at radius 3 is 1.63 bits per heavy atom. The molecule has 11 aromatic rings. The molecule has 0 spiro atoms. The Morgan fingerprint density at radius 1 is 0.283 bits per heavy atom. The van der Waals surface area contributed by atoms with Crippen LogP contribution in [0.5, 0.6) is 0 Å². The Kier molecular flexibility index (Phi) is 4.61. The van der Waals surface area contributed by atoms with E-state index in [4.69, 9.17) is 0 Å². The molecule has 212 valence electrons. The number of hydrogen-bond acceptors (Lipinski definition) is 0. The van der Waals surface area contributed by atoms with Crippen LogP contribution in [0.1, 0.15) is 0 Å². The van der Waals surface area contributed by atoms with Crippen molar-refractivity contribution in [3.05, 3.63) is 158 Å². The fourth-order valence-electron chi connectivity index (χ4n) is 8.44. The van der Waals surface area contributed by atoms with Crippen LogP contribution in [-0.4, -0.2) is 9.13 Å². The van der Waals surface area contributed by atoms with Gasteiger partial charge in [-0.25, -0.2) is 0 Å². The zero-order valence-electron chi connectivity index (χ0n) is 24.9. The standard InChI is InChI=1S/C44H26N2/c1-2-13-28(14-3-1)45-37-21-6-4-15-29(37)34-24-26-40-43(44(34)45)36-16-5-7-22-38(36)46(40)39-25-23-33-31-18-9-12-27-11-8-17-30(41(27)31)32-19-10-20-35(39)42(32)33/h1-26H. The fraction of sp³-hybridized carbons (Fsp3) is 0. The maximum absolute atomic E-state index is 2.50. The number of para-hydroxylation sites is 3. The average molecular weight is 583 g/mol. The van der Waals surface area contributed by atoms with Gasteiger partial charge in [0.15, 0.2) is 0 Å². The van der Waals surface area contributed by atoms with E-state index in [1.165, 1.54) is 98.1 Å². The molecule has 11 rings (SSSR count). The van der Waals surface area contributed by atoms with Crippen molar-refractivity contribution in [1.82, 2.24) is 9.13 Å². The molecule has 0 atom stereocenters. The van der Waals surface area contributed by atoms with Gasteiger partial charge in [0.1, 0.15) is 0 Å². The van der Waals surface area contributed by atoms with E-state index in [1.807, 2.05) is 0 Å². The van der Waals surface area contributed by atoms with Crippen LogP contribution in [0.2, 0.25) is 0 Å². The van der Waals surface area contributed by atoms with Crippen molar-refractivity contribution in [2.24, 2.45) is 0 Å². The molecular formula is C44H26N2. The van der Waals surface area contributed by atoms with Crippen molar-refractivity contribution in [2.75, 3.05) is 0 Å². The zero-order valence-corrected chi connectivity index (χ0v) is 24.9. The smallest absolute Gasteiger partial charge is 0.0641 e. The fourth-order valence-corrected chi connectivity index (χ4v) is 8.44. The van der Waals surface area contributed by atoms with Crippen molar-refractivity contribution in [3.8, 4) is 11.4 Å². The van der Waals surface area contributed by atoms with Crippen molar-refractivity contribution < 1.29 is 0 Å². The van der Waals surface area contributed by atoms with Crippen LogP contribution in [0.3, 0.4) is 0 Å². The molecule has 0 aliphatic rings. The summed E-state index contributed by atoms with van der Waals surface area (Å²) in [5.74, 6) is 0. The summed E-state index contributed by atoms with van der Waals surface area (Å²) in [5.41, 5.74) is 7.29. The van der Waals surface area contributed by atoms with E-state index in [2.05, 4.69) is 167 Å². The lowest BCUT2D eigenvalue weighted by Gasteiger charge is -2.18. The predicted octanol–water partition coefficient (Wildman–Crippen LogP) is 11.9. The number of benzene rings is 9. The van der Waals surface area contributed by atoms with Crippen LogP contribution >= 0.6 is 0 Å². The van der Waals surface area contributed by atoms with Gasteiger partial charge in [0, 0.05) is 32.6 Å². The largest absolute Gasteiger partial charge is 0.309 e. The van der Waals surface area contributed by atoms with E-state index in [1.54, 1.807) is 0 Å². The Bertz CT molecular complexity index is 2960. The second-order valence-electron chi connectivity index (χ2n) is 12.5. The van der Waals surface area contributed by atoms with Gasteiger partial charge in [-0.3, -0.25) is 0 Å². The quantitative estimate of drug-likeness (QED) is 0.142. The van der Waals surface area contributed by atoms with Crippen LogP contribution in [0.25, 0.3) is 98.1 Å². The highest BCUT2D eigenvalue weighted by molar-refractivity contribution is 6.34. The predicted molar refractivity (Wildman–Crippen MR) is 196 cm³/mol. The van der Waals surface area contributed by atoms with E-state index in [9.17, 15) is 0 Å². The first-order valence-corrected chi connectivity index (χ1v) is 16.0. The number of nitrogens with zero attached hydrogens (tertiary/aromatic N) is 2. The Hall–Kier alpha value is -6.12. The molecule has 0 aliphatic heterocycles. The number of aromatic nitrogens is 2. The molecule has 2 nitrogen and oxygen atoms in total. The SMILES string of the molecule is c1ccc(-n2c3ccccc3c3ccc4c(c5ccccc5n4-c4ccc5c6cccc7cccc(c8cccc4c85)c76)c32)cc1. The van der Waals surface area contributed by atoms with E-state index in [-0.39, 0.29) is 0 Å². The lowest BCUT2D eigenvalue weighted by molar-refractivity contribution is 1.18. The minimum absolute atomic E-state index is 1.17. The third kappa shape index (κ3) is 2.96. The number of hydrogen-bond donors (Lipinski definition) is 0. The summed E-state index contributed by atoms with van der Waals surface area (Å²) in [4.78, 5) is 0. The molecule has 0 amide bonds. The van der Waals surface area contributed by atoms with E-state index in [0.29, 0.717) is 0 Å². The molecular weight excluding hydrogens is 556 g/mol. The third-order valence-corrected chi connectivity index (χ3v) is 10.2. The Labute approximate surface area is 264 Å². The van der Waals surface area contributed by atoms with Gasteiger partial charge in [-0.05, 0) is 74.1 Å². The molecule has 0 saturated heterocycles. The normalized spacial score (nSPS) is 12.3. The maximum Gasteiger partial charge on any atom is 0.0641 e. The zero-order chi connectivity index (χ0) is 29.9. The lowest BCUT2D eigenvalue weighted by atomic mass is 9.89. The summed E-state index contributed by atoms with van der Waals surface area (Å²) >= 11 is 0. The lowest BCUT2D eigenvalue weighted by Crippen LogP contribution is -1.97. The summed E-state index contributed by atoms with van der Waals surface area (Å²) in [6, 6.07) is 58.2. The number of fused-ring (bicyclic) bond motifs is 9. The van der Waals surface area contributed by atoms with E-state index >= 15 is 0 Å². The summed E-state index contributed by atoms with van der Waals surface area (Å²) < 4.78 is 4.96. The van der Waals surface area contributed by atoms with Crippen molar-refractivity contribution >= 4 is 86.7 Å². The first-order valence-electron chi connectivity index (χ1n) is 16.0. The molecule has 2 heterocycles. The summed E-state index contributed by atoms with van der Waals surface area (Å²) in [5, 5.41) is 15.6.